The lowest BCUT2D eigenvalue weighted by Gasteiger charge is -2.40. The molecule has 0 bridgehead atoms. The summed E-state index contributed by atoms with van der Waals surface area (Å²) in [5, 5.41) is 52.4. The zero-order valence-corrected chi connectivity index (χ0v) is 37.5. The second-order valence-corrected chi connectivity index (χ2v) is 20.3. The Hall–Kier alpha value is -5.46. The van der Waals surface area contributed by atoms with Gasteiger partial charge in [-0.2, -0.15) is 0 Å². The molecular weight excluding hydrogens is 825 g/mol. The van der Waals surface area contributed by atoms with Crippen molar-refractivity contribution in [1.29, 1.82) is 0 Å². The highest BCUT2D eigenvalue weighted by molar-refractivity contribution is 6.08. The summed E-state index contributed by atoms with van der Waals surface area (Å²) >= 11 is 0. The Balaban J connectivity index is 0.740. The molecule has 4 N–H and O–H groups in total. The van der Waals surface area contributed by atoms with Crippen molar-refractivity contribution in [3.8, 4) is 0 Å². The van der Waals surface area contributed by atoms with Crippen molar-refractivity contribution in [3.63, 3.8) is 0 Å². The van der Waals surface area contributed by atoms with Gasteiger partial charge in [0.25, 0.3) is 11.8 Å². The van der Waals surface area contributed by atoms with Gasteiger partial charge in [-0.05, 0) is 113 Å². The van der Waals surface area contributed by atoms with E-state index in [0.717, 1.165) is 64.7 Å². The van der Waals surface area contributed by atoms with E-state index in [-0.39, 0.29) is 31.3 Å². The molecule has 2 saturated heterocycles. The van der Waals surface area contributed by atoms with Crippen LogP contribution >= 0.6 is 0 Å². The molecule has 6 atom stereocenters. The third kappa shape index (κ3) is 6.51. The van der Waals surface area contributed by atoms with Gasteiger partial charge in [0.1, 0.15) is 0 Å². The standard InChI is InChI=1S/C56H58N4O6/c1-34(61)32-55(65)46-29-35(18-19-48(46)60(53(55)63)41-22-26-58(27-23-41)50-31-39-13-5-9-37-11-7-15-44(50)52(37)39)28-42(62)33-56(66)45-16-2-3-17-47(45)59(54(56)64)40-20-24-57(25-21-40)49-30-38-12-4-8-36-10-6-14-43(49)51(36)38/h2-19,29,34,40-42,49-50,61-62,65-66H,20-28,30-33H2,1H3/t34-,42+,49?,50?,55?,56?/m1/s1. The van der Waals surface area contributed by atoms with Gasteiger partial charge in [-0.25, -0.2) is 0 Å². The van der Waals surface area contributed by atoms with Gasteiger partial charge in [-0.3, -0.25) is 19.4 Å². The molecule has 6 aromatic rings. The van der Waals surface area contributed by atoms with Crippen LogP contribution in [0.15, 0.2) is 115 Å². The number of likely N-dealkylation sites (tertiary alicyclic amines) is 2. The highest BCUT2D eigenvalue weighted by Gasteiger charge is 2.54. The van der Waals surface area contributed by atoms with Crippen molar-refractivity contribution < 1.29 is 30.0 Å². The van der Waals surface area contributed by atoms with Crippen LogP contribution in [-0.2, 0) is 40.1 Å². The van der Waals surface area contributed by atoms with Crippen molar-refractivity contribution in [3.05, 3.63) is 154 Å². The van der Waals surface area contributed by atoms with Crippen LogP contribution in [0, 0.1) is 0 Å². The van der Waals surface area contributed by atoms with Gasteiger partial charge in [0.2, 0.25) is 0 Å². The zero-order chi connectivity index (χ0) is 45.1. The Bertz CT molecular complexity index is 2910. The molecule has 2 aliphatic carbocycles. The Morgan fingerprint density at radius 1 is 0.576 bits per heavy atom. The first-order valence-corrected chi connectivity index (χ1v) is 24.2. The Kier molecular flexibility index (Phi) is 10.1. The van der Waals surface area contributed by atoms with Gasteiger partial charge in [0.05, 0.1) is 23.6 Å². The van der Waals surface area contributed by atoms with Crippen LogP contribution in [0.25, 0.3) is 21.5 Å². The SMILES string of the molecule is C[C@@H](O)CC1(O)C(=O)N(C2CCN(C3Cc4cccc5cccc3c45)CC2)c2ccc(C[C@H](O)CC3(O)C(=O)N(C4CCN(C5Cc6cccc7cccc5c67)CC4)c4ccccc43)cc21. The fourth-order valence-corrected chi connectivity index (χ4v) is 13.4. The van der Waals surface area contributed by atoms with Gasteiger partial charge in [-0.1, -0.05) is 103 Å². The lowest BCUT2D eigenvalue weighted by molar-refractivity contribution is -0.140. The minimum atomic E-state index is -1.94. The fourth-order valence-electron chi connectivity index (χ4n) is 13.4. The highest BCUT2D eigenvalue weighted by Crippen LogP contribution is 2.49. The van der Waals surface area contributed by atoms with Crippen molar-refractivity contribution in [2.75, 3.05) is 36.0 Å². The van der Waals surface area contributed by atoms with E-state index in [1.165, 1.54) is 43.8 Å². The molecule has 2 fully saturated rings. The van der Waals surface area contributed by atoms with Crippen molar-refractivity contribution in [2.24, 2.45) is 0 Å². The Morgan fingerprint density at radius 2 is 1.06 bits per heavy atom. The number of fused-ring (bicyclic) bond motifs is 2. The average molecular weight is 883 g/mol. The van der Waals surface area contributed by atoms with E-state index >= 15 is 0 Å². The molecule has 4 aliphatic heterocycles. The minimum absolute atomic E-state index is 0.0911. The molecule has 6 aliphatic rings. The predicted octanol–water partition coefficient (Wildman–Crippen LogP) is 7.35. The Morgan fingerprint density at radius 3 is 1.59 bits per heavy atom. The van der Waals surface area contributed by atoms with Gasteiger partial charge in [-0.15, -0.1) is 0 Å². The monoisotopic (exact) mass is 882 g/mol. The van der Waals surface area contributed by atoms with Crippen LogP contribution in [0.1, 0.15) is 96.5 Å². The molecule has 12 rings (SSSR count). The predicted molar refractivity (Wildman–Crippen MR) is 256 cm³/mol. The molecule has 4 unspecified atom stereocenters. The van der Waals surface area contributed by atoms with Crippen molar-refractivity contribution in [1.82, 2.24) is 9.80 Å². The van der Waals surface area contributed by atoms with E-state index in [1.807, 2.05) is 30.3 Å². The largest absolute Gasteiger partial charge is 0.393 e. The van der Waals surface area contributed by atoms with Gasteiger partial charge >= 0.3 is 0 Å². The smallest absolute Gasteiger partial charge is 0.264 e. The molecule has 4 heterocycles. The Labute approximate surface area is 385 Å². The number of rotatable bonds is 10. The fraction of sp³-hybridized carbons (Fsp3) is 0.393. The van der Waals surface area contributed by atoms with Crippen LogP contribution in [0.4, 0.5) is 11.4 Å². The number of para-hydroxylation sites is 1. The van der Waals surface area contributed by atoms with Crippen LogP contribution in [0.3, 0.4) is 0 Å². The lowest BCUT2D eigenvalue weighted by atomic mass is 9.85. The van der Waals surface area contributed by atoms with Gasteiger partial charge in [0, 0.05) is 74.3 Å². The summed E-state index contributed by atoms with van der Waals surface area (Å²) in [6.07, 6.45) is 2.66. The minimum Gasteiger partial charge on any atom is -0.393 e. The van der Waals surface area contributed by atoms with E-state index in [2.05, 4.69) is 82.6 Å². The third-order valence-electron chi connectivity index (χ3n) is 16.3. The number of amides is 2. The van der Waals surface area contributed by atoms with E-state index in [1.54, 1.807) is 28.9 Å². The number of aliphatic hydroxyl groups is 4. The van der Waals surface area contributed by atoms with Crippen molar-refractivity contribution in [2.45, 2.75) is 112 Å². The molecular formula is C56H58N4O6. The van der Waals surface area contributed by atoms with Crippen LogP contribution < -0.4 is 9.80 Å². The molecule has 338 valence electrons. The number of benzene rings is 6. The maximum Gasteiger partial charge on any atom is 0.264 e. The molecule has 66 heavy (non-hydrogen) atoms. The first kappa shape index (κ1) is 41.9. The summed E-state index contributed by atoms with van der Waals surface area (Å²) in [6, 6.07) is 39.6. The van der Waals surface area contributed by atoms with E-state index in [0.29, 0.717) is 40.1 Å². The normalized spacial score (nSPS) is 26.5. The van der Waals surface area contributed by atoms with Crippen molar-refractivity contribution >= 4 is 44.7 Å². The molecule has 0 spiro atoms. The second-order valence-electron chi connectivity index (χ2n) is 20.3. The molecule has 0 saturated carbocycles. The summed E-state index contributed by atoms with van der Waals surface area (Å²) in [5.74, 6) is -0.826. The lowest BCUT2D eigenvalue weighted by Crippen LogP contribution is -2.51. The number of piperidine rings is 2. The summed E-state index contributed by atoms with van der Waals surface area (Å²) < 4.78 is 0. The molecule has 10 heteroatoms. The molecule has 2 amide bonds. The van der Waals surface area contributed by atoms with Crippen LogP contribution in [0.2, 0.25) is 0 Å². The van der Waals surface area contributed by atoms with E-state index in [9.17, 15) is 30.0 Å². The number of anilines is 2. The number of carbonyl (C=O) groups excluding carboxylic acids is 2. The van der Waals surface area contributed by atoms with E-state index in [4.69, 9.17) is 0 Å². The highest BCUT2D eigenvalue weighted by atomic mass is 16.3. The molecule has 10 nitrogen and oxygen atoms in total. The second kappa shape index (κ2) is 15.8. The number of aliphatic hydroxyl groups excluding tert-OH is 2. The summed E-state index contributed by atoms with van der Waals surface area (Å²) in [5.41, 5.74) is 4.61. The van der Waals surface area contributed by atoms with Gasteiger partial charge < -0.3 is 30.2 Å². The summed E-state index contributed by atoms with van der Waals surface area (Å²) in [4.78, 5) is 37.7. The summed E-state index contributed by atoms with van der Waals surface area (Å²) in [6.45, 7) is 4.87. The molecule has 0 radical (unpaired) electrons. The quantitative estimate of drug-likeness (QED) is 0.113. The first-order chi connectivity index (χ1) is 32.0. The third-order valence-corrected chi connectivity index (χ3v) is 16.3. The number of hydrogen-bond donors (Lipinski definition) is 4. The zero-order valence-electron chi connectivity index (χ0n) is 37.5. The maximum atomic E-state index is 14.6. The number of nitrogens with zero attached hydrogens (tertiary/aromatic N) is 4. The summed E-state index contributed by atoms with van der Waals surface area (Å²) in [7, 11) is 0. The van der Waals surface area contributed by atoms with Gasteiger partial charge in [0.15, 0.2) is 11.2 Å². The maximum absolute atomic E-state index is 14.6. The first-order valence-electron chi connectivity index (χ1n) is 24.2. The topological polar surface area (TPSA) is 128 Å². The number of carbonyl (C=O) groups is 2. The van der Waals surface area contributed by atoms with Crippen LogP contribution in [-0.4, -0.2) is 92.5 Å². The van der Waals surface area contributed by atoms with Crippen LogP contribution in [0.5, 0.6) is 0 Å². The van der Waals surface area contributed by atoms with E-state index < -0.39 is 35.2 Å². The molecule has 6 aromatic carbocycles. The molecule has 0 aromatic heterocycles. The number of hydrogen-bond acceptors (Lipinski definition) is 8. The average Bonchev–Trinajstić information content (AvgIpc) is 4.01.